The van der Waals surface area contributed by atoms with Gasteiger partial charge in [-0.15, -0.1) is 0 Å². The smallest absolute Gasteiger partial charge is 0.261 e. The molecule has 0 fully saturated rings. The SMILES string of the molecule is CC(C)[C@@H](C)NC(=O)c1ccc(NS(=O)(=O)c2ccccc2)cc1Cl. The van der Waals surface area contributed by atoms with Crippen molar-refractivity contribution in [1.82, 2.24) is 5.32 Å². The number of nitrogens with one attached hydrogen (secondary N) is 2. The number of benzene rings is 2. The molecule has 1 amide bonds. The minimum atomic E-state index is -3.70. The molecule has 2 N–H and O–H groups in total. The third-order valence-corrected chi connectivity index (χ3v) is 5.59. The fraction of sp³-hybridized carbons (Fsp3) is 0.278. The number of amides is 1. The highest BCUT2D eigenvalue weighted by atomic mass is 35.5. The van der Waals surface area contributed by atoms with E-state index in [4.69, 9.17) is 11.6 Å². The van der Waals surface area contributed by atoms with Gasteiger partial charge in [-0.25, -0.2) is 8.42 Å². The molecule has 0 unspecified atom stereocenters. The minimum absolute atomic E-state index is 0.000161. The van der Waals surface area contributed by atoms with E-state index in [1.165, 1.54) is 30.3 Å². The summed E-state index contributed by atoms with van der Waals surface area (Å²) in [4.78, 5) is 12.4. The normalized spacial score (nSPS) is 12.7. The Bertz CT molecular complexity index is 852. The van der Waals surface area contributed by atoms with E-state index in [2.05, 4.69) is 10.0 Å². The van der Waals surface area contributed by atoms with E-state index in [0.717, 1.165) is 0 Å². The molecule has 0 radical (unpaired) electrons. The summed E-state index contributed by atoms with van der Waals surface area (Å²) in [5, 5.41) is 3.05. The van der Waals surface area contributed by atoms with Crippen molar-refractivity contribution in [3.63, 3.8) is 0 Å². The van der Waals surface area contributed by atoms with Gasteiger partial charge in [0, 0.05) is 6.04 Å². The van der Waals surface area contributed by atoms with E-state index in [1.807, 2.05) is 20.8 Å². The van der Waals surface area contributed by atoms with Gasteiger partial charge >= 0.3 is 0 Å². The molecule has 1 atom stereocenters. The first-order valence-electron chi connectivity index (χ1n) is 7.89. The molecule has 0 aliphatic heterocycles. The zero-order chi connectivity index (χ0) is 18.6. The Morgan fingerprint density at radius 2 is 1.68 bits per heavy atom. The van der Waals surface area contributed by atoms with Gasteiger partial charge in [-0.1, -0.05) is 43.6 Å². The van der Waals surface area contributed by atoms with Crippen molar-refractivity contribution >= 4 is 33.2 Å². The number of rotatable bonds is 6. The Morgan fingerprint density at radius 1 is 1.04 bits per heavy atom. The second-order valence-corrected chi connectivity index (χ2v) is 8.21. The van der Waals surface area contributed by atoms with Gasteiger partial charge in [0.25, 0.3) is 15.9 Å². The molecule has 2 rings (SSSR count). The molecule has 0 aliphatic rings. The summed E-state index contributed by atoms with van der Waals surface area (Å²) >= 11 is 6.17. The van der Waals surface area contributed by atoms with Crippen molar-refractivity contribution in [1.29, 1.82) is 0 Å². The molecule has 0 bridgehead atoms. The monoisotopic (exact) mass is 380 g/mol. The van der Waals surface area contributed by atoms with Crippen LogP contribution in [0.2, 0.25) is 5.02 Å². The molecular weight excluding hydrogens is 360 g/mol. The van der Waals surface area contributed by atoms with Gasteiger partial charge in [-0.3, -0.25) is 9.52 Å². The quantitative estimate of drug-likeness (QED) is 0.797. The summed E-state index contributed by atoms with van der Waals surface area (Å²) in [5.74, 6) is 0.00310. The van der Waals surface area contributed by atoms with Crippen LogP contribution in [0.15, 0.2) is 53.4 Å². The highest BCUT2D eigenvalue weighted by molar-refractivity contribution is 7.92. The lowest BCUT2D eigenvalue weighted by atomic mass is 10.1. The van der Waals surface area contributed by atoms with E-state index in [1.54, 1.807) is 18.2 Å². The Kier molecular flexibility index (Phi) is 6.08. The van der Waals surface area contributed by atoms with Crippen molar-refractivity contribution in [2.24, 2.45) is 5.92 Å². The predicted molar refractivity (Wildman–Crippen MR) is 100 cm³/mol. The summed E-state index contributed by atoms with van der Waals surface area (Å²) in [7, 11) is -3.70. The highest BCUT2D eigenvalue weighted by Crippen LogP contribution is 2.23. The Balaban J connectivity index is 2.18. The number of carbonyl (C=O) groups is 1. The molecule has 0 aliphatic carbocycles. The Hall–Kier alpha value is -2.05. The maximum absolute atomic E-state index is 12.3. The van der Waals surface area contributed by atoms with E-state index in [-0.39, 0.29) is 21.9 Å². The largest absolute Gasteiger partial charge is 0.349 e. The van der Waals surface area contributed by atoms with E-state index in [9.17, 15) is 13.2 Å². The first-order chi connectivity index (χ1) is 11.7. The van der Waals surface area contributed by atoms with E-state index < -0.39 is 10.0 Å². The maximum atomic E-state index is 12.3. The van der Waals surface area contributed by atoms with Gasteiger partial charge in [0.15, 0.2) is 0 Å². The number of hydrogen-bond acceptors (Lipinski definition) is 3. The topological polar surface area (TPSA) is 75.3 Å². The van der Waals surface area contributed by atoms with Crippen LogP contribution in [0.25, 0.3) is 0 Å². The van der Waals surface area contributed by atoms with Crippen LogP contribution in [0.4, 0.5) is 5.69 Å². The first kappa shape index (κ1) is 19.3. The zero-order valence-corrected chi connectivity index (χ0v) is 15.9. The fourth-order valence-electron chi connectivity index (χ4n) is 2.03. The molecule has 2 aromatic rings. The molecule has 0 spiro atoms. The lowest BCUT2D eigenvalue weighted by molar-refractivity contribution is 0.0930. The summed E-state index contributed by atoms with van der Waals surface area (Å²) in [6.45, 7) is 5.93. The van der Waals surface area contributed by atoms with Crippen molar-refractivity contribution in [2.75, 3.05) is 4.72 Å². The van der Waals surface area contributed by atoms with Gasteiger partial charge in [0.2, 0.25) is 0 Å². The van der Waals surface area contributed by atoms with Crippen LogP contribution >= 0.6 is 11.6 Å². The summed E-state index contributed by atoms with van der Waals surface area (Å²) in [6, 6.07) is 12.5. The summed E-state index contributed by atoms with van der Waals surface area (Å²) < 4.78 is 27.1. The summed E-state index contributed by atoms with van der Waals surface area (Å²) in [6.07, 6.45) is 0. The number of sulfonamides is 1. The van der Waals surface area contributed by atoms with Crippen LogP contribution in [0.1, 0.15) is 31.1 Å². The first-order valence-corrected chi connectivity index (χ1v) is 9.75. The van der Waals surface area contributed by atoms with Crippen molar-refractivity contribution in [3.05, 3.63) is 59.1 Å². The third kappa shape index (κ3) is 4.96. The fourth-order valence-corrected chi connectivity index (χ4v) is 3.36. The van der Waals surface area contributed by atoms with Crippen LogP contribution in [-0.4, -0.2) is 20.4 Å². The molecule has 7 heteroatoms. The van der Waals surface area contributed by atoms with Gasteiger partial charge in [-0.05, 0) is 43.2 Å². The highest BCUT2D eigenvalue weighted by Gasteiger charge is 2.17. The molecule has 2 aromatic carbocycles. The standard InChI is InChI=1S/C18H21ClN2O3S/c1-12(2)13(3)20-18(22)16-10-9-14(11-17(16)19)21-25(23,24)15-7-5-4-6-8-15/h4-13,21H,1-3H3,(H,20,22)/t13-/m1/s1. The average molecular weight is 381 g/mol. The Labute approximate surface area is 153 Å². The molecule has 0 heterocycles. The van der Waals surface area contributed by atoms with Crippen LogP contribution in [0.5, 0.6) is 0 Å². The molecule has 5 nitrogen and oxygen atoms in total. The van der Waals surface area contributed by atoms with E-state index >= 15 is 0 Å². The van der Waals surface area contributed by atoms with Crippen molar-refractivity contribution in [2.45, 2.75) is 31.7 Å². The van der Waals surface area contributed by atoms with Gasteiger partial charge < -0.3 is 5.32 Å². The Morgan fingerprint density at radius 3 is 2.24 bits per heavy atom. The minimum Gasteiger partial charge on any atom is -0.349 e. The molecule has 0 aromatic heterocycles. The van der Waals surface area contributed by atoms with E-state index in [0.29, 0.717) is 17.2 Å². The predicted octanol–water partition coefficient (Wildman–Crippen LogP) is 3.92. The second-order valence-electron chi connectivity index (χ2n) is 6.12. The van der Waals surface area contributed by atoms with Crippen LogP contribution < -0.4 is 10.0 Å². The third-order valence-electron chi connectivity index (χ3n) is 3.88. The zero-order valence-electron chi connectivity index (χ0n) is 14.3. The molecule has 134 valence electrons. The molecular formula is C18H21ClN2O3S. The average Bonchev–Trinajstić information content (AvgIpc) is 2.55. The second kappa shape index (κ2) is 7.89. The molecule has 0 saturated carbocycles. The number of hydrogen-bond donors (Lipinski definition) is 2. The summed E-state index contributed by atoms with van der Waals surface area (Å²) in [5.41, 5.74) is 0.596. The lowest BCUT2D eigenvalue weighted by Gasteiger charge is -2.18. The van der Waals surface area contributed by atoms with Crippen molar-refractivity contribution < 1.29 is 13.2 Å². The van der Waals surface area contributed by atoms with Gasteiger partial charge in [0.05, 0.1) is 21.2 Å². The molecule has 0 saturated heterocycles. The molecule has 25 heavy (non-hydrogen) atoms. The van der Waals surface area contributed by atoms with Crippen LogP contribution in [-0.2, 0) is 10.0 Å². The lowest BCUT2D eigenvalue weighted by Crippen LogP contribution is -2.36. The van der Waals surface area contributed by atoms with Gasteiger partial charge in [-0.2, -0.15) is 0 Å². The van der Waals surface area contributed by atoms with Crippen LogP contribution in [0.3, 0.4) is 0 Å². The maximum Gasteiger partial charge on any atom is 0.261 e. The van der Waals surface area contributed by atoms with Crippen LogP contribution in [0, 0.1) is 5.92 Å². The number of halogens is 1. The number of anilines is 1. The van der Waals surface area contributed by atoms with Gasteiger partial charge in [0.1, 0.15) is 0 Å². The van der Waals surface area contributed by atoms with Crippen molar-refractivity contribution in [3.8, 4) is 0 Å². The number of carbonyl (C=O) groups excluding carboxylic acids is 1.